The van der Waals surface area contributed by atoms with Crippen molar-refractivity contribution in [2.24, 2.45) is 0 Å². The van der Waals surface area contributed by atoms with Gasteiger partial charge in [-0.15, -0.1) is 0 Å². The van der Waals surface area contributed by atoms with E-state index in [1.165, 1.54) is 18.2 Å². The molecule has 5 heteroatoms. The van der Waals surface area contributed by atoms with E-state index in [4.69, 9.17) is 11.6 Å². The van der Waals surface area contributed by atoms with E-state index in [-0.39, 0.29) is 10.6 Å². The van der Waals surface area contributed by atoms with Crippen molar-refractivity contribution in [3.63, 3.8) is 0 Å². The summed E-state index contributed by atoms with van der Waals surface area (Å²) in [5, 5.41) is 0.117. The van der Waals surface area contributed by atoms with Crippen molar-refractivity contribution in [2.45, 2.75) is 0 Å². The number of nitrogens with one attached hydrogen (secondary N) is 1. The number of carbonyl (C=O) groups is 1. The van der Waals surface area contributed by atoms with Crippen LogP contribution in [0.15, 0.2) is 18.2 Å². The average Bonchev–Trinajstić information content (AvgIpc) is 2.04. The largest absolute Gasteiger partial charge is 0.296 e. The average molecular weight is 220 g/mol. The molecule has 0 saturated carbocycles. The van der Waals surface area contributed by atoms with Crippen LogP contribution in [0.4, 0.5) is 4.39 Å². The first-order valence-electron chi connectivity index (χ1n) is 3.44. The Morgan fingerprint density at radius 1 is 1.62 bits per heavy atom. The van der Waals surface area contributed by atoms with Gasteiger partial charge in [0.25, 0.3) is 5.91 Å². The van der Waals surface area contributed by atoms with E-state index in [2.05, 4.69) is 4.72 Å². The maximum absolute atomic E-state index is 13.1. The van der Waals surface area contributed by atoms with Gasteiger partial charge in [0, 0.05) is 6.26 Å². The summed E-state index contributed by atoms with van der Waals surface area (Å²) in [6, 6.07) is 4.12. The number of hydrogen-bond donors (Lipinski definition) is 1. The molecule has 0 aliphatic carbocycles. The Labute approximate surface area is 84.6 Å². The number of hydrogen-bond acceptors (Lipinski definition) is 2. The molecule has 70 valence electrons. The summed E-state index contributed by atoms with van der Waals surface area (Å²) in [5.41, 5.74) is -0.112. The van der Waals surface area contributed by atoms with Gasteiger partial charge < -0.3 is 0 Å². The number of amides is 1. The fourth-order valence-electron chi connectivity index (χ4n) is 0.858. The van der Waals surface area contributed by atoms with Crippen LogP contribution in [-0.4, -0.2) is 12.2 Å². The smallest absolute Gasteiger partial charge is 0.265 e. The molecule has 0 fully saturated rings. The zero-order chi connectivity index (χ0) is 9.84. The van der Waals surface area contributed by atoms with Gasteiger partial charge in [-0.3, -0.25) is 9.52 Å². The van der Waals surface area contributed by atoms with Crippen molar-refractivity contribution >= 4 is 29.5 Å². The van der Waals surface area contributed by atoms with Crippen LogP contribution in [0.25, 0.3) is 0 Å². The van der Waals surface area contributed by atoms with Gasteiger partial charge in [-0.2, -0.15) is 0 Å². The van der Waals surface area contributed by atoms with Gasteiger partial charge in [-0.1, -0.05) is 29.6 Å². The highest BCUT2D eigenvalue weighted by Crippen LogP contribution is 2.18. The molecule has 0 aliphatic heterocycles. The molecule has 0 radical (unpaired) electrons. The van der Waals surface area contributed by atoms with Gasteiger partial charge in [-0.25, -0.2) is 4.39 Å². The van der Waals surface area contributed by atoms with E-state index in [1.54, 1.807) is 6.26 Å². The van der Waals surface area contributed by atoms with Crippen molar-refractivity contribution in [2.75, 3.05) is 6.26 Å². The normalized spacial score (nSPS) is 9.77. The highest BCUT2D eigenvalue weighted by molar-refractivity contribution is 7.97. The Balaban J connectivity index is 3.05. The molecule has 0 saturated heterocycles. The molecule has 2 nitrogen and oxygen atoms in total. The highest BCUT2D eigenvalue weighted by Gasteiger charge is 2.14. The highest BCUT2D eigenvalue weighted by atomic mass is 35.5. The third kappa shape index (κ3) is 2.35. The first kappa shape index (κ1) is 10.3. The van der Waals surface area contributed by atoms with Crippen LogP contribution in [-0.2, 0) is 0 Å². The molecule has 1 N–H and O–H groups in total. The second-order valence-electron chi connectivity index (χ2n) is 2.23. The van der Waals surface area contributed by atoms with Gasteiger partial charge in [0.15, 0.2) is 0 Å². The van der Waals surface area contributed by atoms with Crippen molar-refractivity contribution in [1.29, 1.82) is 0 Å². The van der Waals surface area contributed by atoms with Gasteiger partial charge in [0.2, 0.25) is 0 Å². The summed E-state index contributed by atoms with van der Waals surface area (Å²) in [4.78, 5) is 11.2. The SMILES string of the molecule is CSNC(=O)c1c(F)cccc1Cl. The van der Waals surface area contributed by atoms with Crippen LogP contribution in [0, 0.1) is 5.82 Å². The minimum Gasteiger partial charge on any atom is -0.296 e. The topological polar surface area (TPSA) is 29.1 Å². The Kier molecular flexibility index (Phi) is 3.57. The van der Waals surface area contributed by atoms with Gasteiger partial charge >= 0.3 is 0 Å². The van der Waals surface area contributed by atoms with E-state index in [1.807, 2.05) is 0 Å². The number of halogens is 2. The predicted molar refractivity (Wildman–Crippen MR) is 52.4 cm³/mol. The summed E-state index contributed by atoms with van der Waals surface area (Å²) in [6.07, 6.45) is 1.67. The maximum Gasteiger partial charge on any atom is 0.265 e. The molecule has 1 aromatic carbocycles. The number of rotatable bonds is 2. The first-order chi connectivity index (χ1) is 6.16. The fraction of sp³-hybridized carbons (Fsp3) is 0.125. The van der Waals surface area contributed by atoms with Crippen LogP contribution in [0.5, 0.6) is 0 Å². The fourth-order valence-corrected chi connectivity index (χ4v) is 1.39. The molecular formula is C8H7ClFNOS. The quantitative estimate of drug-likeness (QED) is 0.775. The Bertz CT molecular complexity index is 312. The van der Waals surface area contributed by atoms with Crippen molar-refractivity contribution in [3.05, 3.63) is 34.6 Å². The molecule has 0 unspecified atom stereocenters. The zero-order valence-electron chi connectivity index (χ0n) is 6.80. The lowest BCUT2D eigenvalue weighted by Gasteiger charge is -2.04. The van der Waals surface area contributed by atoms with E-state index in [0.29, 0.717) is 0 Å². The summed E-state index contributed by atoms with van der Waals surface area (Å²) in [7, 11) is 0. The third-order valence-corrected chi connectivity index (χ3v) is 2.09. The molecule has 0 aliphatic rings. The molecular weight excluding hydrogens is 213 g/mol. The van der Waals surface area contributed by atoms with Crippen LogP contribution in [0.3, 0.4) is 0 Å². The Morgan fingerprint density at radius 3 is 2.85 bits per heavy atom. The molecule has 1 rings (SSSR count). The third-order valence-electron chi connectivity index (χ3n) is 1.38. The molecule has 0 aromatic heterocycles. The monoisotopic (exact) mass is 219 g/mol. The lowest BCUT2D eigenvalue weighted by molar-refractivity contribution is 0.0981. The minimum atomic E-state index is -0.612. The minimum absolute atomic E-state index is 0.112. The maximum atomic E-state index is 13.1. The predicted octanol–water partition coefficient (Wildman–Crippen LogP) is 2.49. The van der Waals surface area contributed by atoms with Gasteiger partial charge in [-0.05, 0) is 12.1 Å². The van der Waals surface area contributed by atoms with Crippen LogP contribution < -0.4 is 4.72 Å². The standard InChI is InChI=1S/C8H7ClFNOS/c1-13-11-8(12)7-5(9)3-2-4-6(7)10/h2-4H,1H3,(H,11,12). The second kappa shape index (κ2) is 4.48. The summed E-state index contributed by atoms with van der Waals surface area (Å²) in [6.45, 7) is 0. The number of benzene rings is 1. The molecule has 0 heterocycles. The van der Waals surface area contributed by atoms with E-state index in [0.717, 1.165) is 11.9 Å². The second-order valence-corrected chi connectivity index (χ2v) is 3.25. The summed E-state index contributed by atoms with van der Waals surface area (Å²) < 4.78 is 15.5. The summed E-state index contributed by atoms with van der Waals surface area (Å²) >= 11 is 6.75. The molecule has 1 amide bonds. The molecule has 0 atom stereocenters. The lowest BCUT2D eigenvalue weighted by Crippen LogP contribution is -2.17. The van der Waals surface area contributed by atoms with E-state index in [9.17, 15) is 9.18 Å². The van der Waals surface area contributed by atoms with Gasteiger partial charge in [0.1, 0.15) is 5.82 Å². The van der Waals surface area contributed by atoms with Gasteiger partial charge in [0.05, 0.1) is 10.6 Å². The van der Waals surface area contributed by atoms with Crippen LogP contribution in [0.2, 0.25) is 5.02 Å². The molecule has 0 bridgehead atoms. The van der Waals surface area contributed by atoms with Crippen molar-refractivity contribution < 1.29 is 9.18 Å². The van der Waals surface area contributed by atoms with E-state index >= 15 is 0 Å². The first-order valence-corrected chi connectivity index (χ1v) is 5.04. The van der Waals surface area contributed by atoms with Crippen molar-refractivity contribution in [1.82, 2.24) is 4.72 Å². The summed E-state index contributed by atoms with van der Waals surface area (Å²) in [5.74, 6) is -1.13. The zero-order valence-corrected chi connectivity index (χ0v) is 8.38. The molecule has 1 aromatic rings. The molecule has 13 heavy (non-hydrogen) atoms. The number of carbonyl (C=O) groups excluding carboxylic acids is 1. The van der Waals surface area contributed by atoms with Crippen LogP contribution in [0.1, 0.15) is 10.4 Å². The lowest BCUT2D eigenvalue weighted by atomic mass is 10.2. The Hall–Kier alpha value is -0.740. The van der Waals surface area contributed by atoms with Crippen LogP contribution >= 0.6 is 23.5 Å². The van der Waals surface area contributed by atoms with E-state index < -0.39 is 11.7 Å². The molecule has 0 spiro atoms. The Morgan fingerprint density at radius 2 is 2.31 bits per heavy atom. The van der Waals surface area contributed by atoms with Crippen molar-refractivity contribution in [3.8, 4) is 0 Å².